The van der Waals surface area contributed by atoms with E-state index in [1.165, 1.54) is 24.5 Å². The van der Waals surface area contributed by atoms with Gasteiger partial charge >= 0.3 is 6.18 Å². The molecular weight excluding hydrogens is 369 g/mol. The number of carbonyl (C=O) groups is 1. The molecule has 1 heterocycles. The number of rotatable bonds is 5. The van der Waals surface area contributed by atoms with Crippen LogP contribution in [0.2, 0.25) is 0 Å². The van der Waals surface area contributed by atoms with Gasteiger partial charge in [0.1, 0.15) is 0 Å². The van der Waals surface area contributed by atoms with E-state index in [-0.39, 0.29) is 11.3 Å². The summed E-state index contributed by atoms with van der Waals surface area (Å²) in [5, 5.41) is 5.59. The van der Waals surface area contributed by atoms with Crippen LogP contribution in [-0.2, 0) is 12.7 Å². The van der Waals surface area contributed by atoms with Gasteiger partial charge in [0.25, 0.3) is 5.91 Å². The molecule has 28 heavy (non-hydrogen) atoms. The first kappa shape index (κ1) is 19.3. The number of nitrogens with zero attached hydrogens (tertiary/aromatic N) is 2. The highest BCUT2D eigenvalue weighted by molar-refractivity contribution is 6.03. The van der Waals surface area contributed by atoms with Crippen molar-refractivity contribution >= 4 is 17.5 Å². The second-order valence-corrected chi connectivity index (χ2v) is 6.10. The molecule has 0 aliphatic rings. The first-order chi connectivity index (χ1) is 13.3. The van der Waals surface area contributed by atoms with Crippen LogP contribution >= 0.6 is 0 Å². The lowest BCUT2D eigenvalue weighted by molar-refractivity contribution is -0.137. The molecule has 0 saturated carbocycles. The van der Waals surface area contributed by atoms with Gasteiger partial charge < -0.3 is 10.6 Å². The van der Waals surface area contributed by atoms with Crippen LogP contribution in [0.4, 0.5) is 24.8 Å². The van der Waals surface area contributed by atoms with Gasteiger partial charge in [-0.15, -0.1) is 0 Å². The number of hydrogen-bond donors (Lipinski definition) is 2. The molecule has 0 spiro atoms. The Morgan fingerprint density at radius 2 is 1.64 bits per heavy atom. The largest absolute Gasteiger partial charge is 0.416 e. The van der Waals surface area contributed by atoms with E-state index >= 15 is 0 Å². The summed E-state index contributed by atoms with van der Waals surface area (Å²) in [6.07, 6.45) is -1.71. The standard InChI is InChI=1S/C20H17F3N4O/c1-13-4-2-3-5-14(13)10-24-19-25-11-15(12-26-19)18(28)27-17-8-6-16(7-9-17)20(21,22)23/h2-9,11-12H,10H2,1H3,(H,27,28)(H,24,25,26). The maximum absolute atomic E-state index is 12.6. The SMILES string of the molecule is Cc1ccccc1CNc1ncc(C(=O)Nc2ccc(C(F)(F)F)cc2)cn1. The van der Waals surface area contributed by atoms with Crippen molar-refractivity contribution in [2.45, 2.75) is 19.6 Å². The zero-order valence-electron chi connectivity index (χ0n) is 14.9. The zero-order valence-corrected chi connectivity index (χ0v) is 14.9. The number of anilines is 2. The first-order valence-electron chi connectivity index (χ1n) is 8.42. The third kappa shape index (κ3) is 4.85. The Hall–Kier alpha value is -3.42. The fraction of sp³-hybridized carbons (Fsp3) is 0.150. The number of aromatic nitrogens is 2. The molecule has 8 heteroatoms. The summed E-state index contributed by atoms with van der Waals surface area (Å²) in [4.78, 5) is 20.4. The van der Waals surface area contributed by atoms with Gasteiger partial charge in [-0.3, -0.25) is 4.79 Å². The van der Waals surface area contributed by atoms with Gasteiger partial charge in [-0.25, -0.2) is 9.97 Å². The van der Waals surface area contributed by atoms with Crippen molar-refractivity contribution in [1.82, 2.24) is 9.97 Å². The molecule has 1 amide bonds. The number of aryl methyl sites for hydroxylation is 1. The molecule has 0 bridgehead atoms. The van der Waals surface area contributed by atoms with Crippen LogP contribution in [-0.4, -0.2) is 15.9 Å². The van der Waals surface area contributed by atoms with Crippen molar-refractivity contribution in [2.24, 2.45) is 0 Å². The Labute approximate surface area is 159 Å². The second kappa shape index (κ2) is 8.08. The smallest absolute Gasteiger partial charge is 0.350 e. The highest BCUT2D eigenvalue weighted by Crippen LogP contribution is 2.29. The molecule has 3 aromatic rings. The molecular formula is C20H17F3N4O. The fourth-order valence-corrected chi connectivity index (χ4v) is 2.47. The number of carbonyl (C=O) groups excluding carboxylic acids is 1. The molecule has 0 saturated heterocycles. The summed E-state index contributed by atoms with van der Waals surface area (Å²) in [5.74, 6) is -0.139. The van der Waals surface area contributed by atoms with Gasteiger partial charge in [0.05, 0.1) is 11.1 Å². The van der Waals surface area contributed by atoms with Crippen LogP contribution in [0.25, 0.3) is 0 Å². The van der Waals surface area contributed by atoms with Crippen molar-refractivity contribution in [3.05, 3.63) is 83.2 Å². The third-order valence-electron chi connectivity index (χ3n) is 4.08. The number of nitrogens with one attached hydrogen (secondary N) is 2. The predicted octanol–water partition coefficient (Wildman–Crippen LogP) is 4.67. The molecule has 1 aromatic heterocycles. The quantitative estimate of drug-likeness (QED) is 0.669. The van der Waals surface area contributed by atoms with Crippen LogP contribution in [0.1, 0.15) is 27.0 Å². The Morgan fingerprint density at radius 3 is 2.25 bits per heavy atom. The van der Waals surface area contributed by atoms with Crippen molar-refractivity contribution in [3.8, 4) is 0 Å². The van der Waals surface area contributed by atoms with Gasteiger partial charge in [-0.1, -0.05) is 24.3 Å². The number of hydrogen-bond acceptors (Lipinski definition) is 4. The van der Waals surface area contributed by atoms with Crippen LogP contribution in [0.3, 0.4) is 0 Å². The summed E-state index contributed by atoms with van der Waals surface area (Å²) in [7, 11) is 0. The summed E-state index contributed by atoms with van der Waals surface area (Å²) in [6.45, 7) is 2.55. The van der Waals surface area contributed by atoms with E-state index in [1.54, 1.807) is 0 Å². The monoisotopic (exact) mass is 386 g/mol. The van der Waals surface area contributed by atoms with Gasteiger partial charge in [0, 0.05) is 24.6 Å². The summed E-state index contributed by atoms with van der Waals surface area (Å²) in [6, 6.07) is 12.1. The molecule has 3 rings (SSSR count). The summed E-state index contributed by atoms with van der Waals surface area (Å²) in [5.41, 5.74) is 1.91. The molecule has 0 atom stereocenters. The van der Waals surface area contributed by atoms with Crippen molar-refractivity contribution in [2.75, 3.05) is 10.6 Å². The fourth-order valence-electron chi connectivity index (χ4n) is 2.47. The minimum atomic E-state index is -4.42. The van der Waals surface area contributed by atoms with Gasteiger partial charge in [0.2, 0.25) is 5.95 Å². The van der Waals surface area contributed by atoms with Crippen LogP contribution in [0.15, 0.2) is 60.9 Å². The minimum Gasteiger partial charge on any atom is -0.350 e. The highest BCUT2D eigenvalue weighted by Gasteiger charge is 2.30. The second-order valence-electron chi connectivity index (χ2n) is 6.10. The number of halogens is 3. The normalized spacial score (nSPS) is 11.1. The lowest BCUT2D eigenvalue weighted by Crippen LogP contribution is -2.14. The summed E-state index contributed by atoms with van der Waals surface area (Å²) >= 11 is 0. The Balaban J connectivity index is 1.60. The maximum Gasteiger partial charge on any atom is 0.416 e. The van der Waals surface area contributed by atoms with Crippen molar-refractivity contribution in [3.63, 3.8) is 0 Å². The Bertz CT molecular complexity index is 954. The molecule has 2 N–H and O–H groups in total. The van der Waals surface area contributed by atoms with E-state index in [0.717, 1.165) is 23.3 Å². The molecule has 0 aliphatic heterocycles. The predicted molar refractivity (Wildman–Crippen MR) is 99.9 cm³/mol. The van der Waals surface area contributed by atoms with Gasteiger partial charge in [0.15, 0.2) is 0 Å². The van der Waals surface area contributed by atoms with E-state index in [4.69, 9.17) is 0 Å². The molecule has 0 fully saturated rings. The Morgan fingerprint density at radius 1 is 1.00 bits per heavy atom. The molecule has 0 unspecified atom stereocenters. The average molecular weight is 386 g/mol. The van der Waals surface area contributed by atoms with Crippen molar-refractivity contribution in [1.29, 1.82) is 0 Å². The average Bonchev–Trinajstić information content (AvgIpc) is 2.67. The lowest BCUT2D eigenvalue weighted by atomic mass is 10.1. The lowest BCUT2D eigenvalue weighted by Gasteiger charge is -2.09. The highest BCUT2D eigenvalue weighted by atomic mass is 19.4. The maximum atomic E-state index is 12.6. The van der Waals surface area contributed by atoms with E-state index in [1.807, 2.05) is 31.2 Å². The van der Waals surface area contributed by atoms with Crippen LogP contribution < -0.4 is 10.6 Å². The van der Waals surface area contributed by atoms with Crippen molar-refractivity contribution < 1.29 is 18.0 Å². The molecule has 0 aliphatic carbocycles. The molecule has 0 radical (unpaired) electrons. The van der Waals surface area contributed by atoms with Gasteiger partial charge in [-0.2, -0.15) is 13.2 Å². The Kier molecular flexibility index (Phi) is 5.58. The van der Waals surface area contributed by atoms with Gasteiger partial charge in [-0.05, 0) is 42.3 Å². The summed E-state index contributed by atoms with van der Waals surface area (Å²) < 4.78 is 37.7. The topological polar surface area (TPSA) is 66.9 Å². The number of benzene rings is 2. The van der Waals surface area contributed by atoms with E-state index in [0.29, 0.717) is 12.5 Å². The van der Waals surface area contributed by atoms with Crippen LogP contribution in [0.5, 0.6) is 0 Å². The van der Waals surface area contributed by atoms with Crippen LogP contribution in [0, 0.1) is 6.92 Å². The zero-order chi connectivity index (χ0) is 20.1. The number of alkyl halides is 3. The third-order valence-corrected chi connectivity index (χ3v) is 4.08. The molecule has 144 valence electrons. The first-order valence-corrected chi connectivity index (χ1v) is 8.42. The van der Waals surface area contributed by atoms with E-state index in [2.05, 4.69) is 20.6 Å². The number of amides is 1. The molecule has 2 aromatic carbocycles. The minimum absolute atomic E-state index is 0.196. The van der Waals surface area contributed by atoms with E-state index < -0.39 is 17.6 Å². The molecule has 5 nitrogen and oxygen atoms in total. The van der Waals surface area contributed by atoms with E-state index in [9.17, 15) is 18.0 Å².